The van der Waals surface area contributed by atoms with Gasteiger partial charge in [-0.1, -0.05) is 6.92 Å². The highest BCUT2D eigenvalue weighted by Gasteiger charge is 2.45. The van der Waals surface area contributed by atoms with Crippen LogP contribution in [0.5, 0.6) is 0 Å². The van der Waals surface area contributed by atoms with E-state index in [1.807, 2.05) is 19.9 Å². The zero-order valence-corrected chi connectivity index (χ0v) is 14.7. The number of carbonyl (C=O) groups is 1. The molecule has 2 N–H and O–H groups in total. The molecular weight excluding hydrogens is 323 g/mol. The first kappa shape index (κ1) is 16.7. The summed E-state index contributed by atoms with van der Waals surface area (Å²) in [5, 5.41) is 6.03. The number of fused-ring (bicyclic) bond motifs is 1. The Morgan fingerprint density at radius 2 is 2.00 bits per heavy atom. The van der Waals surface area contributed by atoms with Crippen molar-refractivity contribution in [1.29, 1.82) is 0 Å². The van der Waals surface area contributed by atoms with E-state index in [1.54, 1.807) is 6.20 Å². The molecule has 0 saturated carbocycles. The van der Waals surface area contributed by atoms with Gasteiger partial charge in [0, 0.05) is 32.4 Å². The summed E-state index contributed by atoms with van der Waals surface area (Å²) in [6, 6.07) is 1.56. The van der Waals surface area contributed by atoms with E-state index in [2.05, 4.69) is 30.4 Å². The minimum absolute atomic E-state index is 0.259. The van der Waals surface area contributed by atoms with Crippen molar-refractivity contribution in [2.24, 2.45) is 11.8 Å². The largest absolute Gasteiger partial charge is 0.356 e. The number of anilines is 1. The number of hydrogen-bond donors (Lipinski definition) is 2. The third-order valence-corrected chi connectivity index (χ3v) is 5.66. The molecule has 0 spiro atoms. The number of nitrogens with zero attached hydrogens (tertiary/aromatic N) is 4. The molecule has 4 rings (SSSR count). The fourth-order valence-electron chi connectivity index (χ4n) is 4.29. The number of halogens is 1. The summed E-state index contributed by atoms with van der Waals surface area (Å²) < 4.78 is 13.9. The molecule has 8 heteroatoms. The van der Waals surface area contributed by atoms with Crippen LogP contribution in [0.25, 0.3) is 0 Å². The van der Waals surface area contributed by atoms with Gasteiger partial charge in [-0.15, -0.1) is 0 Å². The van der Waals surface area contributed by atoms with Gasteiger partial charge >= 0.3 is 0 Å². The molecule has 5 atom stereocenters. The Hall–Kier alpha value is -1.80. The summed E-state index contributed by atoms with van der Waals surface area (Å²) in [4.78, 5) is 25.1. The number of nitrogens with one attached hydrogen (secondary N) is 2. The number of aryl methyl sites for hydroxylation is 1. The number of alkyl halides is 1. The van der Waals surface area contributed by atoms with E-state index >= 15 is 0 Å². The van der Waals surface area contributed by atoms with Gasteiger partial charge in [0.2, 0.25) is 0 Å². The highest BCUT2D eigenvalue weighted by molar-refractivity contribution is 5.82. The summed E-state index contributed by atoms with van der Waals surface area (Å²) in [6.45, 7) is 7.53. The average Bonchev–Trinajstić information content (AvgIpc) is 3.16. The molecule has 3 aliphatic rings. The van der Waals surface area contributed by atoms with Crippen LogP contribution >= 0.6 is 0 Å². The van der Waals surface area contributed by atoms with Gasteiger partial charge in [-0.3, -0.25) is 15.0 Å². The Kier molecular flexibility index (Phi) is 4.33. The molecule has 0 radical (unpaired) electrons. The van der Waals surface area contributed by atoms with Gasteiger partial charge < -0.3 is 10.2 Å². The van der Waals surface area contributed by atoms with Crippen LogP contribution < -0.4 is 15.5 Å². The van der Waals surface area contributed by atoms with E-state index in [9.17, 15) is 9.18 Å². The summed E-state index contributed by atoms with van der Waals surface area (Å²) in [5.74, 6) is 2.36. The highest BCUT2D eigenvalue weighted by Crippen LogP contribution is 2.34. The molecule has 3 fully saturated rings. The lowest BCUT2D eigenvalue weighted by Crippen LogP contribution is -2.67. The Morgan fingerprint density at radius 3 is 2.64 bits per heavy atom. The maximum absolute atomic E-state index is 13.9. The second-order valence-electron chi connectivity index (χ2n) is 7.34. The van der Waals surface area contributed by atoms with Crippen molar-refractivity contribution in [3.63, 3.8) is 0 Å². The molecule has 0 bridgehead atoms. The van der Waals surface area contributed by atoms with Crippen LogP contribution in [-0.4, -0.2) is 65.5 Å². The fourth-order valence-corrected chi connectivity index (χ4v) is 4.29. The third kappa shape index (κ3) is 3.08. The molecule has 25 heavy (non-hydrogen) atoms. The maximum Gasteiger partial charge on any atom is 0.258 e. The predicted molar refractivity (Wildman–Crippen MR) is 91.6 cm³/mol. The lowest BCUT2D eigenvalue weighted by atomic mass is 10.0. The van der Waals surface area contributed by atoms with E-state index in [1.165, 1.54) is 0 Å². The Balaban J connectivity index is 1.39. The van der Waals surface area contributed by atoms with Crippen LogP contribution in [0.15, 0.2) is 12.3 Å². The van der Waals surface area contributed by atoms with Crippen LogP contribution in [0.3, 0.4) is 0 Å². The molecule has 3 saturated heterocycles. The van der Waals surface area contributed by atoms with Crippen LogP contribution in [0.4, 0.5) is 10.2 Å². The first-order valence-corrected chi connectivity index (χ1v) is 9.04. The second-order valence-corrected chi connectivity index (χ2v) is 7.34. The third-order valence-electron chi connectivity index (χ3n) is 5.66. The normalized spacial score (nSPS) is 35.7. The quantitative estimate of drug-likeness (QED) is 0.817. The smallest absolute Gasteiger partial charge is 0.258 e. The van der Waals surface area contributed by atoms with Crippen LogP contribution in [-0.2, 0) is 4.79 Å². The Bertz CT molecular complexity index is 644. The topological polar surface area (TPSA) is 73.4 Å². The number of carbonyl (C=O) groups excluding carboxylic acids is 1. The van der Waals surface area contributed by atoms with Gasteiger partial charge in [-0.25, -0.2) is 14.4 Å². The summed E-state index contributed by atoms with van der Waals surface area (Å²) in [6.07, 6.45) is 0.689. The van der Waals surface area contributed by atoms with Gasteiger partial charge in [0.1, 0.15) is 17.9 Å². The van der Waals surface area contributed by atoms with E-state index < -0.39 is 18.1 Å². The first-order chi connectivity index (χ1) is 12.0. The fraction of sp³-hybridized carbons (Fsp3) is 0.706. The SMILES string of the molecule is CCC1NC(N2CC3CN(c4ccnc(C)n4)CC3C2)NC(=O)C1F. The Labute approximate surface area is 147 Å². The molecule has 7 nitrogen and oxygen atoms in total. The van der Waals surface area contributed by atoms with Gasteiger partial charge in [0.05, 0.1) is 6.04 Å². The van der Waals surface area contributed by atoms with Crippen molar-refractivity contribution < 1.29 is 9.18 Å². The van der Waals surface area contributed by atoms with Gasteiger partial charge in [0.15, 0.2) is 6.17 Å². The summed E-state index contributed by atoms with van der Waals surface area (Å²) in [7, 11) is 0. The minimum Gasteiger partial charge on any atom is -0.356 e. The van der Waals surface area contributed by atoms with Crippen molar-refractivity contribution in [1.82, 2.24) is 25.5 Å². The number of aromatic nitrogens is 2. The Morgan fingerprint density at radius 1 is 1.28 bits per heavy atom. The van der Waals surface area contributed by atoms with Gasteiger partial charge in [0.25, 0.3) is 5.91 Å². The van der Waals surface area contributed by atoms with Crippen LogP contribution in [0.2, 0.25) is 0 Å². The van der Waals surface area contributed by atoms with Crippen LogP contribution in [0, 0.1) is 18.8 Å². The zero-order valence-electron chi connectivity index (χ0n) is 14.7. The number of hydrogen-bond acceptors (Lipinski definition) is 6. The van der Waals surface area contributed by atoms with Crippen molar-refractivity contribution in [2.75, 3.05) is 31.1 Å². The molecule has 0 aliphatic carbocycles. The minimum atomic E-state index is -1.46. The van der Waals surface area contributed by atoms with Gasteiger partial charge in [-0.2, -0.15) is 0 Å². The van der Waals surface area contributed by atoms with Gasteiger partial charge in [-0.05, 0) is 31.2 Å². The second kappa shape index (κ2) is 6.49. The molecule has 5 unspecified atom stereocenters. The van der Waals surface area contributed by atoms with E-state index in [0.717, 1.165) is 37.8 Å². The van der Waals surface area contributed by atoms with Crippen molar-refractivity contribution in [3.05, 3.63) is 18.1 Å². The molecule has 3 aliphatic heterocycles. The standard InChI is InChI=1S/C17H25FN6O/c1-3-13-15(18)16(25)22-17(21-13)24-8-11-6-23(7-12(11)9-24)14-4-5-19-10(2)20-14/h4-5,11-13,15,17,21H,3,6-9H2,1-2H3,(H,22,25). The molecule has 1 amide bonds. The van der Waals surface area contributed by atoms with Crippen LogP contribution in [0.1, 0.15) is 19.2 Å². The predicted octanol–water partition coefficient (Wildman–Crippen LogP) is 0.273. The summed E-state index contributed by atoms with van der Waals surface area (Å²) in [5.41, 5.74) is 0. The number of likely N-dealkylation sites (tertiary alicyclic amines) is 1. The molecule has 0 aromatic carbocycles. The summed E-state index contributed by atoms with van der Waals surface area (Å²) >= 11 is 0. The van der Waals surface area contributed by atoms with E-state index in [-0.39, 0.29) is 6.29 Å². The maximum atomic E-state index is 13.9. The number of rotatable bonds is 3. The molecule has 4 heterocycles. The molecule has 1 aromatic rings. The van der Waals surface area contributed by atoms with E-state index in [4.69, 9.17) is 0 Å². The lowest BCUT2D eigenvalue weighted by molar-refractivity contribution is -0.133. The lowest BCUT2D eigenvalue weighted by Gasteiger charge is -2.38. The van der Waals surface area contributed by atoms with Crippen molar-refractivity contribution >= 4 is 11.7 Å². The average molecular weight is 348 g/mol. The van der Waals surface area contributed by atoms with E-state index in [0.29, 0.717) is 18.3 Å². The van der Waals surface area contributed by atoms with Crippen molar-refractivity contribution in [3.8, 4) is 0 Å². The monoisotopic (exact) mass is 348 g/mol. The first-order valence-electron chi connectivity index (χ1n) is 9.04. The van der Waals surface area contributed by atoms with Crippen molar-refractivity contribution in [2.45, 2.75) is 38.8 Å². The highest BCUT2D eigenvalue weighted by atomic mass is 19.1. The molecule has 136 valence electrons. The number of amides is 1. The zero-order chi connectivity index (χ0) is 17.6. The molecule has 1 aromatic heterocycles. The molecular formula is C17H25FN6O.